The SMILES string of the molecule is Cc1ncsc1CCOc1ccc(Br)c(F)c1. The minimum atomic E-state index is -0.309. The van der Waals surface area contributed by atoms with Gasteiger partial charge in [-0.3, -0.25) is 0 Å². The Morgan fingerprint density at radius 1 is 1.47 bits per heavy atom. The van der Waals surface area contributed by atoms with Crippen LogP contribution in [0.4, 0.5) is 4.39 Å². The minimum absolute atomic E-state index is 0.309. The average Bonchev–Trinajstić information content (AvgIpc) is 2.70. The van der Waals surface area contributed by atoms with Gasteiger partial charge in [0, 0.05) is 17.4 Å². The van der Waals surface area contributed by atoms with E-state index < -0.39 is 0 Å². The quantitative estimate of drug-likeness (QED) is 0.851. The van der Waals surface area contributed by atoms with Crippen molar-refractivity contribution in [3.05, 3.63) is 44.6 Å². The summed E-state index contributed by atoms with van der Waals surface area (Å²) in [5.41, 5.74) is 2.87. The molecule has 0 atom stereocenters. The molecule has 1 aromatic heterocycles. The predicted molar refractivity (Wildman–Crippen MR) is 70.2 cm³/mol. The summed E-state index contributed by atoms with van der Waals surface area (Å²) in [5.74, 6) is 0.240. The zero-order valence-corrected chi connectivity index (χ0v) is 11.6. The Labute approximate surface area is 112 Å². The number of aryl methyl sites for hydroxylation is 1. The van der Waals surface area contributed by atoms with Crippen LogP contribution in [0.15, 0.2) is 28.2 Å². The number of hydrogen-bond acceptors (Lipinski definition) is 3. The molecule has 1 aromatic carbocycles. The molecule has 2 nitrogen and oxygen atoms in total. The summed E-state index contributed by atoms with van der Waals surface area (Å²) >= 11 is 4.72. The lowest BCUT2D eigenvalue weighted by atomic mass is 10.3. The third-order valence-corrected chi connectivity index (χ3v) is 3.97. The number of hydrogen-bond donors (Lipinski definition) is 0. The van der Waals surface area contributed by atoms with E-state index in [1.807, 2.05) is 12.4 Å². The number of aromatic nitrogens is 1. The van der Waals surface area contributed by atoms with E-state index in [2.05, 4.69) is 20.9 Å². The van der Waals surface area contributed by atoms with Gasteiger partial charge in [-0.2, -0.15) is 0 Å². The van der Waals surface area contributed by atoms with E-state index in [0.29, 0.717) is 16.8 Å². The Balaban J connectivity index is 1.90. The van der Waals surface area contributed by atoms with Crippen molar-refractivity contribution in [3.8, 4) is 5.75 Å². The summed E-state index contributed by atoms with van der Waals surface area (Å²) in [6.45, 7) is 2.51. The molecule has 17 heavy (non-hydrogen) atoms. The van der Waals surface area contributed by atoms with E-state index in [9.17, 15) is 4.39 Å². The Bertz CT molecular complexity index is 515. The van der Waals surface area contributed by atoms with Crippen molar-refractivity contribution in [1.29, 1.82) is 0 Å². The average molecular weight is 316 g/mol. The van der Waals surface area contributed by atoms with Gasteiger partial charge in [-0.05, 0) is 35.0 Å². The fourth-order valence-corrected chi connectivity index (χ4v) is 2.40. The van der Waals surface area contributed by atoms with Gasteiger partial charge in [0.15, 0.2) is 0 Å². The predicted octanol–water partition coefficient (Wildman–Crippen LogP) is 3.97. The molecule has 0 saturated heterocycles. The van der Waals surface area contributed by atoms with Crippen LogP contribution in [0, 0.1) is 12.7 Å². The standard InChI is InChI=1S/C12H11BrFNOS/c1-8-12(17-7-15-8)4-5-16-9-2-3-10(13)11(14)6-9/h2-3,6-7H,4-5H2,1H3. The first kappa shape index (κ1) is 12.5. The van der Waals surface area contributed by atoms with E-state index in [1.165, 1.54) is 10.9 Å². The largest absolute Gasteiger partial charge is 0.493 e. The fraction of sp³-hybridized carbons (Fsp3) is 0.250. The van der Waals surface area contributed by atoms with Gasteiger partial charge in [-0.1, -0.05) is 0 Å². The molecule has 90 valence electrons. The third-order valence-electron chi connectivity index (χ3n) is 2.33. The van der Waals surface area contributed by atoms with Gasteiger partial charge >= 0.3 is 0 Å². The van der Waals surface area contributed by atoms with Crippen molar-refractivity contribution >= 4 is 27.3 Å². The lowest BCUT2D eigenvalue weighted by molar-refractivity contribution is 0.321. The molecule has 0 N–H and O–H groups in total. The van der Waals surface area contributed by atoms with Crippen molar-refractivity contribution in [3.63, 3.8) is 0 Å². The van der Waals surface area contributed by atoms with Gasteiger partial charge in [-0.15, -0.1) is 11.3 Å². The molecule has 0 spiro atoms. The monoisotopic (exact) mass is 315 g/mol. The number of thiazole rings is 1. The molecular weight excluding hydrogens is 305 g/mol. The first-order chi connectivity index (χ1) is 8.16. The number of benzene rings is 1. The smallest absolute Gasteiger partial charge is 0.141 e. The van der Waals surface area contributed by atoms with Gasteiger partial charge in [0.25, 0.3) is 0 Å². The highest BCUT2D eigenvalue weighted by atomic mass is 79.9. The molecular formula is C12H11BrFNOS. The van der Waals surface area contributed by atoms with Crippen LogP contribution >= 0.6 is 27.3 Å². The number of rotatable bonds is 4. The van der Waals surface area contributed by atoms with Crippen LogP contribution in [0.1, 0.15) is 10.6 Å². The van der Waals surface area contributed by atoms with Crippen LogP contribution < -0.4 is 4.74 Å². The molecule has 0 fully saturated rings. The topological polar surface area (TPSA) is 22.1 Å². The Morgan fingerprint density at radius 3 is 2.94 bits per heavy atom. The van der Waals surface area contributed by atoms with Crippen LogP contribution in [-0.4, -0.2) is 11.6 Å². The maximum absolute atomic E-state index is 13.2. The molecule has 2 rings (SSSR count). The number of halogens is 2. The van der Waals surface area contributed by atoms with Crippen molar-refractivity contribution in [2.45, 2.75) is 13.3 Å². The van der Waals surface area contributed by atoms with Gasteiger partial charge in [0.2, 0.25) is 0 Å². The van der Waals surface area contributed by atoms with E-state index in [0.717, 1.165) is 12.1 Å². The summed E-state index contributed by atoms with van der Waals surface area (Å²) in [6.07, 6.45) is 0.800. The van der Waals surface area contributed by atoms with Gasteiger partial charge < -0.3 is 4.74 Å². The zero-order valence-electron chi connectivity index (χ0n) is 9.24. The second-order valence-corrected chi connectivity index (χ2v) is 5.33. The van der Waals surface area contributed by atoms with E-state index >= 15 is 0 Å². The van der Waals surface area contributed by atoms with Gasteiger partial charge in [0.1, 0.15) is 11.6 Å². The Kier molecular flexibility index (Phi) is 4.12. The van der Waals surface area contributed by atoms with E-state index in [4.69, 9.17) is 4.74 Å². The summed E-state index contributed by atoms with van der Waals surface area (Å²) in [6, 6.07) is 4.76. The highest BCUT2D eigenvalue weighted by molar-refractivity contribution is 9.10. The molecule has 2 aromatic rings. The highest BCUT2D eigenvalue weighted by Gasteiger charge is 2.04. The van der Waals surface area contributed by atoms with E-state index in [-0.39, 0.29) is 5.82 Å². The number of ether oxygens (including phenoxy) is 1. The molecule has 0 saturated carbocycles. The summed E-state index contributed by atoms with van der Waals surface area (Å²) in [5, 5.41) is 0. The van der Waals surface area contributed by atoms with Crippen LogP contribution in [0.5, 0.6) is 5.75 Å². The van der Waals surface area contributed by atoms with Crippen molar-refractivity contribution in [2.24, 2.45) is 0 Å². The summed E-state index contributed by atoms with van der Waals surface area (Å²) < 4.78 is 19.1. The fourth-order valence-electron chi connectivity index (χ4n) is 1.39. The highest BCUT2D eigenvalue weighted by Crippen LogP contribution is 2.21. The Morgan fingerprint density at radius 2 is 2.29 bits per heavy atom. The molecule has 0 aliphatic heterocycles. The van der Waals surface area contributed by atoms with Crippen molar-refractivity contribution in [1.82, 2.24) is 4.98 Å². The lowest BCUT2D eigenvalue weighted by Crippen LogP contribution is -2.01. The summed E-state index contributed by atoms with van der Waals surface area (Å²) in [7, 11) is 0. The number of nitrogens with zero attached hydrogens (tertiary/aromatic N) is 1. The normalized spacial score (nSPS) is 10.5. The molecule has 0 unspecified atom stereocenters. The third kappa shape index (κ3) is 3.26. The van der Waals surface area contributed by atoms with E-state index in [1.54, 1.807) is 23.5 Å². The first-order valence-electron chi connectivity index (χ1n) is 5.13. The maximum Gasteiger partial charge on any atom is 0.141 e. The van der Waals surface area contributed by atoms with Gasteiger partial charge in [-0.25, -0.2) is 9.37 Å². The molecule has 0 radical (unpaired) electrons. The van der Waals surface area contributed by atoms with Crippen molar-refractivity contribution < 1.29 is 9.13 Å². The zero-order chi connectivity index (χ0) is 12.3. The summed E-state index contributed by atoms with van der Waals surface area (Å²) in [4.78, 5) is 5.38. The van der Waals surface area contributed by atoms with Gasteiger partial charge in [0.05, 0.1) is 22.3 Å². The molecule has 0 amide bonds. The van der Waals surface area contributed by atoms with Crippen LogP contribution in [-0.2, 0) is 6.42 Å². The first-order valence-corrected chi connectivity index (χ1v) is 6.81. The van der Waals surface area contributed by atoms with Crippen LogP contribution in [0.25, 0.3) is 0 Å². The molecule has 0 aliphatic rings. The second kappa shape index (κ2) is 5.60. The molecule has 1 heterocycles. The maximum atomic E-state index is 13.2. The lowest BCUT2D eigenvalue weighted by Gasteiger charge is -2.06. The van der Waals surface area contributed by atoms with Crippen LogP contribution in [0.2, 0.25) is 0 Å². The Hall–Kier alpha value is -0.940. The van der Waals surface area contributed by atoms with Crippen molar-refractivity contribution in [2.75, 3.05) is 6.61 Å². The second-order valence-electron chi connectivity index (χ2n) is 3.54. The van der Waals surface area contributed by atoms with Crippen LogP contribution in [0.3, 0.4) is 0 Å². The molecule has 0 bridgehead atoms. The molecule has 5 heteroatoms. The molecule has 0 aliphatic carbocycles. The minimum Gasteiger partial charge on any atom is -0.493 e.